The molecule has 1 aromatic heterocycles. The molecule has 5 heteroatoms. The molecule has 0 N–H and O–H groups in total. The third-order valence-electron chi connectivity index (χ3n) is 3.11. The van der Waals surface area contributed by atoms with Crippen molar-refractivity contribution in [2.45, 2.75) is 51.2 Å². The molecule has 1 fully saturated rings. The largest absolute Gasteiger partial charge is 0.437 e. The standard InChI is InChI=1S/C12H17BrN2O2/c1-2-5-11(16)17-12(6-3-4-7-12)15-9-10(13)8-14-15/h8-9H,2-7H2,1H3. The van der Waals surface area contributed by atoms with Gasteiger partial charge in [-0.25, -0.2) is 4.68 Å². The van der Waals surface area contributed by atoms with E-state index in [-0.39, 0.29) is 5.97 Å². The number of carbonyl (C=O) groups excluding carboxylic acids is 1. The Balaban J connectivity index is 2.18. The minimum Gasteiger partial charge on any atom is -0.437 e. The van der Waals surface area contributed by atoms with Crippen LogP contribution in [-0.4, -0.2) is 15.7 Å². The molecule has 17 heavy (non-hydrogen) atoms. The van der Waals surface area contributed by atoms with E-state index in [9.17, 15) is 4.79 Å². The van der Waals surface area contributed by atoms with Crippen molar-refractivity contribution in [2.75, 3.05) is 0 Å². The van der Waals surface area contributed by atoms with Gasteiger partial charge in [0.2, 0.25) is 5.72 Å². The van der Waals surface area contributed by atoms with Crippen LogP contribution in [0.25, 0.3) is 0 Å². The summed E-state index contributed by atoms with van der Waals surface area (Å²) in [6, 6.07) is 0. The maximum atomic E-state index is 11.7. The average Bonchev–Trinajstić information content (AvgIpc) is 2.88. The van der Waals surface area contributed by atoms with Crippen LogP contribution in [0.4, 0.5) is 0 Å². The van der Waals surface area contributed by atoms with Crippen molar-refractivity contribution in [2.24, 2.45) is 0 Å². The number of ether oxygens (including phenoxy) is 1. The SMILES string of the molecule is CCCC(=O)OC1(n2cc(Br)cn2)CCCC1. The number of rotatable bonds is 4. The highest BCUT2D eigenvalue weighted by atomic mass is 79.9. The maximum absolute atomic E-state index is 11.7. The lowest BCUT2D eigenvalue weighted by atomic mass is 10.2. The summed E-state index contributed by atoms with van der Waals surface area (Å²) >= 11 is 3.38. The summed E-state index contributed by atoms with van der Waals surface area (Å²) in [4.78, 5) is 11.7. The Morgan fingerprint density at radius 1 is 1.59 bits per heavy atom. The fourth-order valence-electron chi connectivity index (χ4n) is 2.30. The van der Waals surface area contributed by atoms with Crippen LogP contribution in [0.1, 0.15) is 45.4 Å². The van der Waals surface area contributed by atoms with Crippen LogP contribution in [-0.2, 0) is 15.3 Å². The van der Waals surface area contributed by atoms with Crippen LogP contribution in [0.2, 0.25) is 0 Å². The third kappa shape index (κ3) is 2.70. The molecule has 1 aliphatic rings. The van der Waals surface area contributed by atoms with E-state index < -0.39 is 5.72 Å². The van der Waals surface area contributed by atoms with E-state index >= 15 is 0 Å². The maximum Gasteiger partial charge on any atom is 0.307 e. The Morgan fingerprint density at radius 3 is 2.82 bits per heavy atom. The van der Waals surface area contributed by atoms with Crippen LogP contribution in [0.15, 0.2) is 16.9 Å². The van der Waals surface area contributed by atoms with Gasteiger partial charge >= 0.3 is 5.97 Å². The number of hydrogen-bond acceptors (Lipinski definition) is 3. The number of nitrogens with zero attached hydrogens (tertiary/aromatic N) is 2. The predicted octanol–water partition coefficient (Wildman–Crippen LogP) is 3.22. The second-order valence-electron chi connectivity index (χ2n) is 4.48. The zero-order valence-corrected chi connectivity index (χ0v) is 11.6. The van der Waals surface area contributed by atoms with Gasteiger partial charge in [0, 0.05) is 25.5 Å². The Kier molecular flexibility index (Phi) is 3.86. The first-order valence-electron chi connectivity index (χ1n) is 6.09. The van der Waals surface area contributed by atoms with Crippen LogP contribution in [0.5, 0.6) is 0 Å². The van der Waals surface area contributed by atoms with Gasteiger partial charge in [0.05, 0.1) is 10.7 Å². The Labute approximate surface area is 109 Å². The van der Waals surface area contributed by atoms with E-state index in [1.807, 2.05) is 13.1 Å². The highest BCUT2D eigenvalue weighted by molar-refractivity contribution is 9.10. The Bertz CT molecular complexity index is 397. The average molecular weight is 301 g/mol. The van der Waals surface area contributed by atoms with Crippen molar-refractivity contribution in [3.8, 4) is 0 Å². The van der Waals surface area contributed by atoms with Crippen molar-refractivity contribution in [3.05, 3.63) is 16.9 Å². The molecule has 4 nitrogen and oxygen atoms in total. The lowest BCUT2D eigenvalue weighted by Gasteiger charge is -2.29. The number of carbonyl (C=O) groups is 1. The van der Waals surface area contributed by atoms with E-state index in [4.69, 9.17) is 4.74 Å². The zero-order valence-electron chi connectivity index (χ0n) is 9.99. The van der Waals surface area contributed by atoms with Gasteiger partial charge in [-0.15, -0.1) is 0 Å². The Hall–Kier alpha value is -0.840. The molecular weight excluding hydrogens is 284 g/mol. The molecular formula is C12H17BrN2O2. The summed E-state index contributed by atoms with van der Waals surface area (Å²) in [6.07, 6.45) is 8.78. The molecule has 0 amide bonds. The molecule has 0 radical (unpaired) electrons. The smallest absolute Gasteiger partial charge is 0.307 e. The van der Waals surface area contributed by atoms with Crippen molar-refractivity contribution in [1.29, 1.82) is 0 Å². The molecule has 0 aliphatic heterocycles. The summed E-state index contributed by atoms with van der Waals surface area (Å²) in [5.74, 6) is -0.124. The van der Waals surface area contributed by atoms with Crippen molar-refractivity contribution >= 4 is 21.9 Å². The third-order valence-corrected chi connectivity index (χ3v) is 3.52. The quantitative estimate of drug-likeness (QED) is 0.802. The number of aromatic nitrogens is 2. The summed E-state index contributed by atoms with van der Waals surface area (Å²) in [7, 11) is 0. The highest BCUT2D eigenvalue weighted by Crippen LogP contribution is 2.38. The fourth-order valence-corrected chi connectivity index (χ4v) is 2.58. The van der Waals surface area contributed by atoms with Gasteiger partial charge in [-0.3, -0.25) is 4.79 Å². The molecule has 1 heterocycles. The molecule has 0 atom stereocenters. The minimum atomic E-state index is -0.543. The highest BCUT2D eigenvalue weighted by Gasteiger charge is 2.40. The normalized spacial score (nSPS) is 18.2. The molecule has 1 aliphatic carbocycles. The molecule has 2 rings (SSSR count). The molecule has 94 valence electrons. The van der Waals surface area contributed by atoms with E-state index in [0.29, 0.717) is 6.42 Å². The molecule has 1 aromatic rings. The minimum absolute atomic E-state index is 0.124. The predicted molar refractivity (Wildman–Crippen MR) is 67.4 cm³/mol. The Morgan fingerprint density at radius 2 is 2.29 bits per heavy atom. The van der Waals surface area contributed by atoms with Gasteiger partial charge in [-0.1, -0.05) is 6.92 Å². The molecule has 0 saturated heterocycles. The van der Waals surface area contributed by atoms with Crippen LogP contribution < -0.4 is 0 Å². The summed E-state index contributed by atoms with van der Waals surface area (Å²) < 4.78 is 8.38. The van der Waals surface area contributed by atoms with Gasteiger partial charge < -0.3 is 4.74 Å². The van der Waals surface area contributed by atoms with Gasteiger partial charge in [0.1, 0.15) is 0 Å². The molecule has 0 unspecified atom stereocenters. The topological polar surface area (TPSA) is 44.1 Å². The summed E-state index contributed by atoms with van der Waals surface area (Å²) in [6.45, 7) is 1.98. The zero-order chi connectivity index (χ0) is 12.3. The van der Waals surface area contributed by atoms with Gasteiger partial charge in [-0.05, 0) is 35.2 Å². The lowest BCUT2D eigenvalue weighted by molar-refractivity contribution is -0.173. The first-order valence-corrected chi connectivity index (χ1v) is 6.88. The summed E-state index contributed by atoms with van der Waals surface area (Å²) in [5.41, 5.74) is -0.543. The molecule has 0 spiro atoms. The van der Waals surface area contributed by atoms with Crippen molar-refractivity contribution in [1.82, 2.24) is 9.78 Å². The van der Waals surface area contributed by atoms with Gasteiger partial charge in [0.25, 0.3) is 0 Å². The lowest BCUT2D eigenvalue weighted by Crippen LogP contribution is -2.36. The van der Waals surface area contributed by atoms with Gasteiger partial charge in [0.15, 0.2) is 0 Å². The van der Waals surface area contributed by atoms with E-state index in [1.54, 1.807) is 10.9 Å². The second kappa shape index (κ2) is 5.21. The fraction of sp³-hybridized carbons (Fsp3) is 0.667. The van der Waals surface area contributed by atoms with Crippen molar-refractivity contribution < 1.29 is 9.53 Å². The number of esters is 1. The molecule has 0 aromatic carbocycles. The molecule has 1 saturated carbocycles. The van der Waals surface area contributed by atoms with E-state index in [2.05, 4.69) is 21.0 Å². The van der Waals surface area contributed by atoms with Crippen LogP contribution >= 0.6 is 15.9 Å². The molecule has 0 bridgehead atoms. The van der Waals surface area contributed by atoms with Crippen LogP contribution in [0.3, 0.4) is 0 Å². The van der Waals surface area contributed by atoms with E-state index in [1.165, 1.54) is 0 Å². The first kappa shape index (κ1) is 12.6. The van der Waals surface area contributed by atoms with Crippen LogP contribution in [0, 0.1) is 0 Å². The van der Waals surface area contributed by atoms with E-state index in [0.717, 1.165) is 36.6 Å². The number of halogens is 1. The second-order valence-corrected chi connectivity index (χ2v) is 5.40. The van der Waals surface area contributed by atoms with Crippen molar-refractivity contribution in [3.63, 3.8) is 0 Å². The monoisotopic (exact) mass is 300 g/mol. The summed E-state index contributed by atoms with van der Waals surface area (Å²) in [5, 5.41) is 4.28. The number of hydrogen-bond donors (Lipinski definition) is 0. The van der Waals surface area contributed by atoms with Gasteiger partial charge in [-0.2, -0.15) is 5.10 Å². The first-order chi connectivity index (χ1) is 8.16.